The number of hydrogen-bond acceptors (Lipinski definition) is 6. The van der Waals surface area contributed by atoms with Gasteiger partial charge in [0.2, 0.25) is 11.8 Å². The van der Waals surface area contributed by atoms with Gasteiger partial charge < -0.3 is 14.9 Å². The van der Waals surface area contributed by atoms with Crippen LogP contribution in [0.3, 0.4) is 0 Å². The number of rotatable bonds is 2. The zero-order valence-electron chi connectivity index (χ0n) is 11.1. The first-order valence-corrected chi connectivity index (χ1v) is 6.31. The Morgan fingerprint density at radius 1 is 1.19 bits per heavy atom. The highest BCUT2D eigenvalue weighted by molar-refractivity contribution is 5.97. The fourth-order valence-electron chi connectivity index (χ4n) is 2.32. The predicted octanol–water partition coefficient (Wildman–Crippen LogP) is 2.13. The summed E-state index contributed by atoms with van der Waals surface area (Å²) in [5.41, 5.74) is 7.25. The maximum atomic E-state index is 5.96. The van der Waals surface area contributed by atoms with Gasteiger partial charge in [-0.25, -0.2) is 9.97 Å². The Hall–Kier alpha value is -3.09. The lowest BCUT2D eigenvalue weighted by Gasteiger charge is -2.06. The Morgan fingerprint density at radius 2 is 2.10 bits per heavy atom. The third-order valence-electron chi connectivity index (χ3n) is 3.25. The van der Waals surface area contributed by atoms with Crippen LogP contribution in [0.5, 0.6) is 5.75 Å². The Kier molecular flexibility index (Phi) is 2.34. The number of ether oxygens (including phenoxy) is 1. The molecule has 1 aromatic carbocycles. The molecular weight excluding hydrogens is 270 g/mol. The molecule has 0 aliphatic carbocycles. The van der Waals surface area contributed by atoms with Gasteiger partial charge in [-0.1, -0.05) is 6.07 Å². The van der Waals surface area contributed by atoms with Crippen molar-refractivity contribution >= 4 is 22.5 Å². The first-order chi connectivity index (χ1) is 10.3. The molecule has 0 aliphatic rings. The number of furan rings is 1. The minimum atomic E-state index is 0.260. The minimum Gasteiger partial charge on any atom is -0.496 e. The van der Waals surface area contributed by atoms with Crippen molar-refractivity contribution in [2.24, 2.45) is 0 Å². The number of benzene rings is 1. The Labute approximate surface area is 119 Å². The Balaban J connectivity index is 2.14. The summed E-state index contributed by atoms with van der Waals surface area (Å²) in [6.45, 7) is 0. The number of aromatic nitrogens is 4. The molecule has 3 heterocycles. The van der Waals surface area contributed by atoms with E-state index in [2.05, 4.69) is 15.1 Å². The number of nitrogens with two attached hydrogens (primary N) is 1. The quantitative estimate of drug-likeness (QED) is 0.605. The maximum absolute atomic E-state index is 5.96. The topological polar surface area (TPSA) is 91.5 Å². The second-order valence-electron chi connectivity index (χ2n) is 4.47. The van der Waals surface area contributed by atoms with Crippen molar-refractivity contribution in [3.05, 3.63) is 36.6 Å². The molecule has 7 heteroatoms. The fourth-order valence-corrected chi connectivity index (χ4v) is 2.32. The second-order valence-corrected chi connectivity index (χ2v) is 4.47. The van der Waals surface area contributed by atoms with Gasteiger partial charge in [-0.05, 0) is 24.3 Å². The number of hydrogen-bond donors (Lipinski definition) is 1. The molecule has 0 aliphatic heterocycles. The molecule has 0 spiro atoms. The van der Waals surface area contributed by atoms with E-state index in [4.69, 9.17) is 14.9 Å². The molecule has 0 unspecified atom stereocenters. The van der Waals surface area contributed by atoms with Gasteiger partial charge >= 0.3 is 0 Å². The van der Waals surface area contributed by atoms with Gasteiger partial charge in [0.1, 0.15) is 5.75 Å². The molecule has 0 amide bonds. The smallest absolute Gasteiger partial charge is 0.223 e. The third kappa shape index (κ3) is 1.64. The van der Waals surface area contributed by atoms with E-state index >= 15 is 0 Å². The summed E-state index contributed by atoms with van der Waals surface area (Å²) in [5, 5.41) is 5.11. The van der Waals surface area contributed by atoms with Crippen molar-refractivity contribution in [3.63, 3.8) is 0 Å². The van der Waals surface area contributed by atoms with Gasteiger partial charge in [0.25, 0.3) is 0 Å². The molecule has 4 rings (SSSR count). The molecule has 0 atom stereocenters. The fraction of sp³-hybridized carbons (Fsp3) is 0.0714. The molecule has 0 fully saturated rings. The van der Waals surface area contributed by atoms with Crippen molar-refractivity contribution in [2.75, 3.05) is 12.8 Å². The third-order valence-corrected chi connectivity index (χ3v) is 3.25. The summed E-state index contributed by atoms with van der Waals surface area (Å²) in [6, 6.07) is 9.13. The minimum absolute atomic E-state index is 0.260. The van der Waals surface area contributed by atoms with Gasteiger partial charge in [0, 0.05) is 0 Å². The second kappa shape index (κ2) is 4.20. The normalized spacial score (nSPS) is 11.3. The van der Waals surface area contributed by atoms with Crippen LogP contribution in [-0.4, -0.2) is 26.7 Å². The van der Waals surface area contributed by atoms with E-state index in [9.17, 15) is 0 Å². The average molecular weight is 281 g/mol. The van der Waals surface area contributed by atoms with E-state index in [1.807, 2.05) is 18.2 Å². The molecule has 0 saturated heterocycles. The van der Waals surface area contributed by atoms with Crippen molar-refractivity contribution in [2.45, 2.75) is 0 Å². The van der Waals surface area contributed by atoms with Gasteiger partial charge in [-0.2, -0.15) is 4.52 Å². The van der Waals surface area contributed by atoms with Crippen LogP contribution in [0.15, 0.2) is 41.0 Å². The van der Waals surface area contributed by atoms with E-state index in [1.54, 1.807) is 25.5 Å². The standard InChI is InChI=1S/C14H11N5O2/c1-20-9-5-2-4-8-11(9)13-17-12(10-6-3-7-21-10)18-19(13)14(15)16-8/h2-7H,1H3,(H2,15,16). The molecular formula is C14H11N5O2. The molecule has 104 valence electrons. The van der Waals surface area contributed by atoms with Crippen LogP contribution in [0.2, 0.25) is 0 Å². The average Bonchev–Trinajstić information content (AvgIpc) is 3.15. The van der Waals surface area contributed by atoms with E-state index in [0.717, 1.165) is 5.39 Å². The van der Waals surface area contributed by atoms with E-state index in [-0.39, 0.29) is 5.95 Å². The van der Waals surface area contributed by atoms with E-state index < -0.39 is 0 Å². The van der Waals surface area contributed by atoms with Gasteiger partial charge in [0.05, 0.1) is 24.3 Å². The molecule has 3 aromatic heterocycles. The summed E-state index contributed by atoms with van der Waals surface area (Å²) in [4.78, 5) is 8.85. The first kappa shape index (κ1) is 11.7. The number of nitrogens with zero attached hydrogens (tertiary/aromatic N) is 4. The van der Waals surface area contributed by atoms with Crippen LogP contribution in [0.25, 0.3) is 28.1 Å². The maximum Gasteiger partial charge on any atom is 0.223 e. The lowest BCUT2D eigenvalue weighted by atomic mass is 10.2. The van der Waals surface area contributed by atoms with Crippen LogP contribution >= 0.6 is 0 Å². The molecule has 0 radical (unpaired) electrons. The Morgan fingerprint density at radius 3 is 2.86 bits per heavy atom. The number of anilines is 1. The lowest BCUT2D eigenvalue weighted by molar-refractivity contribution is 0.420. The van der Waals surface area contributed by atoms with Crippen molar-refractivity contribution < 1.29 is 9.15 Å². The van der Waals surface area contributed by atoms with Crippen LogP contribution in [-0.2, 0) is 0 Å². The van der Waals surface area contributed by atoms with Gasteiger partial charge in [-0.3, -0.25) is 0 Å². The predicted molar refractivity (Wildman–Crippen MR) is 77.0 cm³/mol. The summed E-state index contributed by atoms with van der Waals surface area (Å²) in [5.74, 6) is 1.95. The largest absolute Gasteiger partial charge is 0.496 e. The summed E-state index contributed by atoms with van der Waals surface area (Å²) in [7, 11) is 1.60. The SMILES string of the molecule is COc1cccc2nc(N)n3nc(-c4ccco4)nc3c12. The highest BCUT2D eigenvalue weighted by Gasteiger charge is 2.16. The monoisotopic (exact) mass is 281 g/mol. The molecule has 0 bridgehead atoms. The van der Waals surface area contributed by atoms with Crippen LogP contribution in [0, 0.1) is 0 Å². The highest BCUT2D eigenvalue weighted by atomic mass is 16.5. The summed E-state index contributed by atoms with van der Waals surface area (Å²) >= 11 is 0. The number of nitrogen functional groups attached to an aromatic ring is 1. The van der Waals surface area contributed by atoms with E-state index in [0.29, 0.717) is 28.5 Å². The molecule has 7 nitrogen and oxygen atoms in total. The molecule has 2 N–H and O–H groups in total. The van der Waals surface area contributed by atoms with E-state index in [1.165, 1.54) is 4.52 Å². The molecule has 4 aromatic rings. The van der Waals surface area contributed by atoms with Crippen molar-refractivity contribution in [1.29, 1.82) is 0 Å². The lowest BCUT2D eigenvalue weighted by Crippen LogP contribution is -2.03. The highest BCUT2D eigenvalue weighted by Crippen LogP contribution is 2.30. The van der Waals surface area contributed by atoms with Crippen LogP contribution < -0.4 is 10.5 Å². The Bertz CT molecular complexity index is 943. The van der Waals surface area contributed by atoms with Crippen molar-refractivity contribution in [1.82, 2.24) is 19.6 Å². The number of fused-ring (bicyclic) bond motifs is 3. The molecule has 0 saturated carbocycles. The summed E-state index contributed by atoms with van der Waals surface area (Å²) in [6.07, 6.45) is 1.57. The number of methoxy groups -OCH3 is 1. The van der Waals surface area contributed by atoms with Crippen LogP contribution in [0.1, 0.15) is 0 Å². The zero-order chi connectivity index (χ0) is 14.4. The van der Waals surface area contributed by atoms with Gasteiger partial charge in [-0.15, -0.1) is 5.10 Å². The molecule has 21 heavy (non-hydrogen) atoms. The zero-order valence-corrected chi connectivity index (χ0v) is 11.1. The van der Waals surface area contributed by atoms with Gasteiger partial charge in [0.15, 0.2) is 11.4 Å². The van der Waals surface area contributed by atoms with Crippen molar-refractivity contribution in [3.8, 4) is 17.3 Å². The first-order valence-electron chi connectivity index (χ1n) is 6.31. The summed E-state index contributed by atoms with van der Waals surface area (Å²) < 4.78 is 12.2. The van der Waals surface area contributed by atoms with Crippen LogP contribution in [0.4, 0.5) is 5.95 Å².